The Kier molecular flexibility index (Phi) is 1.80. The quantitative estimate of drug-likeness (QED) is 0.509. The van der Waals surface area contributed by atoms with Crippen molar-refractivity contribution in [2.45, 2.75) is 26.2 Å². The first kappa shape index (κ1) is 7.33. The SMILES string of the molecule is CC(C)(C)c1[c]cc[c]c1. The summed E-state index contributed by atoms with van der Waals surface area (Å²) in [5.74, 6) is 0. The van der Waals surface area contributed by atoms with Crippen molar-refractivity contribution in [2.24, 2.45) is 0 Å². The van der Waals surface area contributed by atoms with E-state index in [2.05, 4.69) is 32.9 Å². The minimum absolute atomic E-state index is 0.206. The third-order valence-corrected chi connectivity index (χ3v) is 1.45. The highest BCUT2D eigenvalue weighted by atomic mass is 14.2. The summed E-state index contributed by atoms with van der Waals surface area (Å²) < 4.78 is 0. The maximum absolute atomic E-state index is 3.18. The highest BCUT2D eigenvalue weighted by molar-refractivity contribution is 5.19. The van der Waals surface area contributed by atoms with Gasteiger partial charge in [0.25, 0.3) is 0 Å². The van der Waals surface area contributed by atoms with Gasteiger partial charge in [0.05, 0.1) is 0 Å². The summed E-state index contributed by atoms with van der Waals surface area (Å²) >= 11 is 0. The van der Waals surface area contributed by atoms with E-state index in [-0.39, 0.29) is 5.41 Å². The first-order chi connectivity index (χ1) is 4.61. The Hall–Kier alpha value is -0.780. The lowest BCUT2D eigenvalue weighted by atomic mass is 9.87. The molecule has 0 N–H and O–H groups in total. The Morgan fingerprint density at radius 2 is 1.90 bits per heavy atom. The van der Waals surface area contributed by atoms with Crippen LogP contribution in [0, 0.1) is 12.1 Å². The molecule has 0 fully saturated rings. The smallest absolute Gasteiger partial charge is 0.0125 e. The predicted octanol–water partition coefficient (Wildman–Crippen LogP) is 2.58. The van der Waals surface area contributed by atoms with E-state index in [4.69, 9.17) is 0 Å². The topological polar surface area (TPSA) is 0 Å². The molecule has 0 unspecified atom stereocenters. The summed E-state index contributed by atoms with van der Waals surface area (Å²) in [5, 5.41) is 0. The maximum atomic E-state index is 3.18. The van der Waals surface area contributed by atoms with Gasteiger partial charge in [-0.15, -0.1) is 0 Å². The van der Waals surface area contributed by atoms with Crippen molar-refractivity contribution in [3.8, 4) is 0 Å². The Labute approximate surface area is 62.9 Å². The van der Waals surface area contributed by atoms with Gasteiger partial charge in [-0.3, -0.25) is 0 Å². The molecule has 0 aliphatic carbocycles. The fourth-order valence-corrected chi connectivity index (χ4v) is 0.786. The molecule has 0 saturated heterocycles. The predicted molar refractivity (Wildman–Crippen MR) is 42.8 cm³/mol. The maximum Gasteiger partial charge on any atom is -0.0125 e. The van der Waals surface area contributed by atoms with E-state index in [1.807, 2.05) is 18.2 Å². The highest BCUT2D eigenvalue weighted by Crippen LogP contribution is 2.19. The molecule has 0 heteroatoms. The van der Waals surface area contributed by atoms with Crippen molar-refractivity contribution in [2.75, 3.05) is 0 Å². The van der Waals surface area contributed by atoms with E-state index in [0.29, 0.717) is 0 Å². The second kappa shape index (κ2) is 2.45. The van der Waals surface area contributed by atoms with Crippen LogP contribution < -0.4 is 0 Å². The minimum Gasteiger partial charge on any atom is -0.0561 e. The number of rotatable bonds is 0. The summed E-state index contributed by atoms with van der Waals surface area (Å²) in [6.45, 7) is 6.52. The van der Waals surface area contributed by atoms with Gasteiger partial charge in [0.1, 0.15) is 0 Å². The van der Waals surface area contributed by atoms with Crippen LogP contribution in [0.4, 0.5) is 0 Å². The Balaban J connectivity index is 2.97. The molecule has 0 aromatic heterocycles. The van der Waals surface area contributed by atoms with E-state index in [1.54, 1.807) is 0 Å². The molecule has 0 heterocycles. The lowest BCUT2D eigenvalue weighted by Gasteiger charge is -2.17. The molecule has 0 aliphatic rings. The molecule has 0 spiro atoms. The summed E-state index contributed by atoms with van der Waals surface area (Å²) in [5.41, 5.74) is 1.42. The van der Waals surface area contributed by atoms with E-state index in [9.17, 15) is 0 Å². The van der Waals surface area contributed by atoms with E-state index >= 15 is 0 Å². The number of hydrogen-bond donors (Lipinski definition) is 0. The molecule has 0 nitrogen and oxygen atoms in total. The second-order valence-corrected chi connectivity index (χ2v) is 3.45. The zero-order valence-corrected chi connectivity index (χ0v) is 6.73. The monoisotopic (exact) mass is 132 g/mol. The van der Waals surface area contributed by atoms with Gasteiger partial charge in [-0.25, -0.2) is 0 Å². The van der Waals surface area contributed by atoms with Gasteiger partial charge in [0.2, 0.25) is 0 Å². The summed E-state index contributed by atoms with van der Waals surface area (Å²) in [4.78, 5) is 0. The van der Waals surface area contributed by atoms with Crippen molar-refractivity contribution >= 4 is 0 Å². The van der Waals surface area contributed by atoms with Crippen molar-refractivity contribution < 1.29 is 0 Å². The Morgan fingerprint density at radius 3 is 2.20 bits per heavy atom. The van der Waals surface area contributed by atoms with Crippen LogP contribution in [0.2, 0.25) is 0 Å². The Bertz CT molecular complexity index is 191. The lowest BCUT2D eigenvalue weighted by molar-refractivity contribution is 0.589. The molecule has 1 aromatic carbocycles. The Morgan fingerprint density at radius 1 is 1.20 bits per heavy atom. The largest absolute Gasteiger partial charge is 0.0561 e. The van der Waals surface area contributed by atoms with Crippen LogP contribution in [0.25, 0.3) is 0 Å². The van der Waals surface area contributed by atoms with Gasteiger partial charge in [0, 0.05) is 0 Å². The van der Waals surface area contributed by atoms with Crippen LogP contribution in [0.3, 0.4) is 0 Å². The fourth-order valence-electron chi connectivity index (χ4n) is 0.786. The molecule has 52 valence electrons. The van der Waals surface area contributed by atoms with Gasteiger partial charge < -0.3 is 0 Å². The number of benzene rings is 1. The van der Waals surface area contributed by atoms with Crippen molar-refractivity contribution in [1.29, 1.82) is 0 Å². The molecule has 1 rings (SSSR count). The van der Waals surface area contributed by atoms with E-state index < -0.39 is 0 Å². The molecule has 1 aromatic rings. The van der Waals surface area contributed by atoms with Crippen LogP contribution in [0.15, 0.2) is 18.2 Å². The van der Waals surface area contributed by atoms with Gasteiger partial charge in [0.15, 0.2) is 0 Å². The molecule has 0 aliphatic heterocycles. The third kappa shape index (κ3) is 1.60. The zero-order chi connectivity index (χ0) is 7.61. The summed E-state index contributed by atoms with van der Waals surface area (Å²) in [6, 6.07) is 12.0. The van der Waals surface area contributed by atoms with Gasteiger partial charge in [-0.1, -0.05) is 39.0 Å². The molecule has 0 bridgehead atoms. The van der Waals surface area contributed by atoms with E-state index in [0.717, 1.165) is 0 Å². The van der Waals surface area contributed by atoms with E-state index in [1.165, 1.54) is 5.56 Å². The molecule has 2 radical (unpaired) electrons. The standard InChI is InChI=1S/C10H12/c1-10(2,3)9-7-5-4-6-8-9/h4-5,8H,1-3H3. The van der Waals surface area contributed by atoms with Crippen molar-refractivity contribution in [3.05, 3.63) is 35.9 Å². The molecular weight excluding hydrogens is 120 g/mol. The van der Waals surface area contributed by atoms with Crippen molar-refractivity contribution in [3.63, 3.8) is 0 Å². The molecular formula is C10H12. The first-order valence-corrected chi connectivity index (χ1v) is 3.49. The first-order valence-electron chi connectivity index (χ1n) is 3.49. The van der Waals surface area contributed by atoms with Crippen LogP contribution in [0.1, 0.15) is 26.3 Å². The van der Waals surface area contributed by atoms with Crippen LogP contribution in [0.5, 0.6) is 0 Å². The van der Waals surface area contributed by atoms with Crippen LogP contribution in [-0.2, 0) is 5.41 Å². The van der Waals surface area contributed by atoms with Crippen LogP contribution >= 0.6 is 0 Å². The summed E-state index contributed by atoms with van der Waals surface area (Å²) in [6.07, 6.45) is 0. The average Bonchev–Trinajstić information content (AvgIpc) is 1.88. The number of hydrogen-bond acceptors (Lipinski definition) is 0. The third-order valence-electron chi connectivity index (χ3n) is 1.45. The molecule has 0 amide bonds. The van der Waals surface area contributed by atoms with Gasteiger partial charge >= 0.3 is 0 Å². The van der Waals surface area contributed by atoms with Gasteiger partial charge in [-0.2, -0.15) is 0 Å². The summed E-state index contributed by atoms with van der Waals surface area (Å²) in [7, 11) is 0. The van der Waals surface area contributed by atoms with Gasteiger partial charge in [-0.05, 0) is 23.1 Å². The molecule has 0 atom stereocenters. The highest BCUT2D eigenvalue weighted by Gasteiger charge is 2.11. The fraction of sp³-hybridized carbons (Fsp3) is 0.400. The second-order valence-electron chi connectivity index (χ2n) is 3.45. The van der Waals surface area contributed by atoms with Crippen molar-refractivity contribution in [1.82, 2.24) is 0 Å². The van der Waals surface area contributed by atoms with Crippen LogP contribution in [-0.4, -0.2) is 0 Å². The minimum atomic E-state index is 0.206. The zero-order valence-electron chi connectivity index (χ0n) is 6.73. The molecule has 0 saturated carbocycles. The average molecular weight is 132 g/mol. The normalized spacial score (nSPS) is 11.5. The lowest BCUT2D eigenvalue weighted by Crippen LogP contribution is -2.10. The molecule has 10 heavy (non-hydrogen) atoms.